The van der Waals surface area contributed by atoms with Crippen LogP contribution in [0.15, 0.2) is 71.2 Å². The number of aryl methyl sites for hydroxylation is 1. The topological polar surface area (TPSA) is 56.1 Å². The van der Waals surface area contributed by atoms with E-state index in [4.69, 9.17) is 9.72 Å². The summed E-state index contributed by atoms with van der Waals surface area (Å²) in [5.41, 5.74) is 4.90. The normalized spacial score (nSPS) is 10.9. The van der Waals surface area contributed by atoms with Gasteiger partial charge in [0.1, 0.15) is 18.2 Å². The first-order chi connectivity index (χ1) is 15.0. The minimum atomic E-state index is -0.133. The van der Waals surface area contributed by atoms with Crippen LogP contribution in [-0.4, -0.2) is 22.1 Å². The molecule has 0 aliphatic rings. The summed E-state index contributed by atoms with van der Waals surface area (Å²) in [5.74, 6) is 1.56. The third-order valence-electron chi connectivity index (χ3n) is 5.35. The Balaban J connectivity index is 1.50. The molecule has 0 atom stereocenters. The molecule has 0 fully saturated rings. The van der Waals surface area contributed by atoms with Crippen LogP contribution in [0.5, 0.6) is 5.75 Å². The van der Waals surface area contributed by atoms with Gasteiger partial charge in [-0.15, -0.1) is 0 Å². The monoisotopic (exact) mass is 477 g/mol. The number of fused-ring (bicyclic) bond motifs is 1. The number of carbonyl (C=O) groups is 1. The van der Waals surface area contributed by atoms with Gasteiger partial charge in [0.05, 0.1) is 24.1 Å². The van der Waals surface area contributed by atoms with Crippen molar-refractivity contribution in [2.75, 3.05) is 6.61 Å². The molecule has 158 valence electrons. The number of aromatic nitrogens is 2. The number of carbonyl (C=O) groups excluding carboxylic acids is 1. The largest absolute Gasteiger partial charge is 0.491 e. The minimum absolute atomic E-state index is 0.133. The molecule has 1 amide bonds. The van der Waals surface area contributed by atoms with Crippen LogP contribution >= 0.6 is 15.9 Å². The summed E-state index contributed by atoms with van der Waals surface area (Å²) < 4.78 is 9.05. The second kappa shape index (κ2) is 9.35. The highest BCUT2D eigenvalue weighted by Crippen LogP contribution is 2.21. The molecular formula is C25H24BrN3O2. The Morgan fingerprint density at radius 2 is 1.87 bits per heavy atom. The first kappa shape index (κ1) is 21.1. The molecule has 4 rings (SSSR count). The van der Waals surface area contributed by atoms with Crippen molar-refractivity contribution in [1.82, 2.24) is 14.9 Å². The summed E-state index contributed by atoms with van der Waals surface area (Å²) in [6.07, 6.45) is 0. The molecule has 0 bridgehead atoms. The first-order valence-corrected chi connectivity index (χ1v) is 11.0. The van der Waals surface area contributed by atoms with Gasteiger partial charge < -0.3 is 14.6 Å². The Bertz CT molecular complexity index is 1230. The maximum absolute atomic E-state index is 12.6. The number of para-hydroxylation sites is 2. The average molecular weight is 478 g/mol. The van der Waals surface area contributed by atoms with Crippen molar-refractivity contribution in [3.63, 3.8) is 0 Å². The van der Waals surface area contributed by atoms with Crippen LogP contribution in [0.2, 0.25) is 0 Å². The number of hydrogen-bond acceptors (Lipinski definition) is 3. The lowest BCUT2D eigenvalue weighted by atomic mass is 10.1. The molecule has 1 aromatic heterocycles. The Kier molecular flexibility index (Phi) is 6.37. The van der Waals surface area contributed by atoms with Crippen molar-refractivity contribution in [2.45, 2.75) is 26.9 Å². The van der Waals surface area contributed by atoms with Gasteiger partial charge in [-0.25, -0.2) is 4.98 Å². The second-order valence-corrected chi connectivity index (χ2v) is 8.32. The van der Waals surface area contributed by atoms with Crippen LogP contribution in [-0.2, 0) is 13.1 Å². The van der Waals surface area contributed by atoms with Crippen molar-refractivity contribution in [1.29, 1.82) is 0 Å². The maximum Gasteiger partial charge on any atom is 0.251 e. The number of imidazole rings is 1. The van der Waals surface area contributed by atoms with Crippen LogP contribution in [0.1, 0.15) is 27.3 Å². The van der Waals surface area contributed by atoms with Crippen LogP contribution in [0, 0.1) is 13.8 Å². The smallest absolute Gasteiger partial charge is 0.251 e. The Hall–Kier alpha value is -3.12. The van der Waals surface area contributed by atoms with Gasteiger partial charge in [0, 0.05) is 10.0 Å². The van der Waals surface area contributed by atoms with E-state index in [0.717, 1.165) is 32.6 Å². The van der Waals surface area contributed by atoms with Crippen LogP contribution in [0.3, 0.4) is 0 Å². The Morgan fingerprint density at radius 3 is 2.71 bits per heavy atom. The van der Waals surface area contributed by atoms with Gasteiger partial charge >= 0.3 is 0 Å². The predicted molar refractivity (Wildman–Crippen MR) is 126 cm³/mol. The minimum Gasteiger partial charge on any atom is -0.491 e. The van der Waals surface area contributed by atoms with Crippen molar-refractivity contribution in [3.8, 4) is 5.75 Å². The zero-order chi connectivity index (χ0) is 21.8. The molecule has 0 unspecified atom stereocenters. The molecule has 1 heterocycles. The second-order valence-electron chi connectivity index (χ2n) is 7.41. The zero-order valence-electron chi connectivity index (χ0n) is 17.6. The molecule has 6 heteroatoms. The van der Waals surface area contributed by atoms with E-state index in [2.05, 4.69) is 45.7 Å². The lowest BCUT2D eigenvalue weighted by molar-refractivity contribution is 0.0949. The Labute approximate surface area is 190 Å². The number of benzene rings is 3. The summed E-state index contributed by atoms with van der Waals surface area (Å²) in [7, 11) is 0. The standard InChI is InChI=1S/C25H24BrN3O2/c1-17-7-5-12-23(18(17)2)31-14-13-29-22-11-4-3-10-21(22)28-24(29)16-27-25(30)19-8-6-9-20(26)15-19/h3-12,15H,13-14,16H2,1-2H3,(H,27,30). The molecule has 1 N–H and O–H groups in total. The van der Waals surface area contributed by atoms with Crippen molar-refractivity contribution in [3.05, 3.63) is 93.7 Å². The van der Waals surface area contributed by atoms with Gasteiger partial charge in [0.15, 0.2) is 0 Å². The van der Waals surface area contributed by atoms with Crippen LogP contribution in [0.4, 0.5) is 0 Å². The lowest BCUT2D eigenvalue weighted by Gasteiger charge is -2.13. The molecule has 3 aromatic carbocycles. The fourth-order valence-corrected chi connectivity index (χ4v) is 3.93. The summed E-state index contributed by atoms with van der Waals surface area (Å²) in [6.45, 7) is 5.63. The predicted octanol–water partition coefficient (Wildman–Crippen LogP) is 5.42. The summed E-state index contributed by atoms with van der Waals surface area (Å²) in [5, 5.41) is 2.98. The van der Waals surface area contributed by atoms with E-state index in [1.54, 1.807) is 12.1 Å². The molecule has 0 spiro atoms. The number of hydrogen-bond donors (Lipinski definition) is 1. The molecular weight excluding hydrogens is 454 g/mol. The fraction of sp³-hybridized carbons (Fsp3) is 0.200. The molecule has 0 saturated carbocycles. The lowest BCUT2D eigenvalue weighted by Crippen LogP contribution is -2.25. The number of amides is 1. The fourth-order valence-electron chi connectivity index (χ4n) is 3.53. The molecule has 31 heavy (non-hydrogen) atoms. The molecule has 0 aliphatic carbocycles. The van der Waals surface area contributed by atoms with Gasteiger partial charge in [-0.3, -0.25) is 4.79 Å². The Morgan fingerprint density at radius 1 is 1.06 bits per heavy atom. The molecule has 0 radical (unpaired) electrons. The van der Waals surface area contributed by atoms with Gasteiger partial charge in [-0.05, 0) is 61.4 Å². The zero-order valence-corrected chi connectivity index (χ0v) is 19.1. The highest BCUT2D eigenvalue weighted by atomic mass is 79.9. The number of nitrogens with zero attached hydrogens (tertiary/aromatic N) is 2. The summed E-state index contributed by atoms with van der Waals surface area (Å²) in [6, 6.07) is 21.4. The first-order valence-electron chi connectivity index (χ1n) is 10.2. The van der Waals surface area contributed by atoms with E-state index in [9.17, 15) is 4.79 Å². The SMILES string of the molecule is Cc1cccc(OCCn2c(CNC(=O)c3cccc(Br)c3)nc3ccccc32)c1C. The molecule has 0 aliphatic heterocycles. The summed E-state index contributed by atoms with van der Waals surface area (Å²) >= 11 is 3.41. The number of nitrogens with one attached hydrogen (secondary N) is 1. The van der Waals surface area contributed by atoms with Gasteiger partial charge in [0.25, 0.3) is 5.91 Å². The maximum atomic E-state index is 12.6. The van der Waals surface area contributed by atoms with E-state index in [1.807, 2.05) is 48.5 Å². The average Bonchev–Trinajstić information content (AvgIpc) is 3.12. The van der Waals surface area contributed by atoms with E-state index in [1.165, 1.54) is 5.56 Å². The number of rotatable bonds is 7. The summed E-state index contributed by atoms with van der Waals surface area (Å²) in [4.78, 5) is 17.3. The van der Waals surface area contributed by atoms with Crippen LogP contribution < -0.4 is 10.1 Å². The van der Waals surface area contributed by atoms with Gasteiger partial charge in [-0.1, -0.05) is 46.3 Å². The van der Waals surface area contributed by atoms with Gasteiger partial charge in [0.2, 0.25) is 0 Å². The van der Waals surface area contributed by atoms with Crippen molar-refractivity contribution < 1.29 is 9.53 Å². The van der Waals surface area contributed by atoms with E-state index in [-0.39, 0.29) is 5.91 Å². The van der Waals surface area contributed by atoms with Crippen molar-refractivity contribution >= 4 is 32.9 Å². The van der Waals surface area contributed by atoms with E-state index >= 15 is 0 Å². The quantitative estimate of drug-likeness (QED) is 0.386. The third kappa shape index (κ3) is 4.80. The highest BCUT2D eigenvalue weighted by Gasteiger charge is 2.13. The molecule has 4 aromatic rings. The molecule has 5 nitrogen and oxygen atoms in total. The molecule has 0 saturated heterocycles. The van der Waals surface area contributed by atoms with E-state index < -0.39 is 0 Å². The van der Waals surface area contributed by atoms with Crippen LogP contribution in [0.25, 0.3) is 11.0 Å². The van der Waals surface area contributed by atoms with E-state index in [0.29, 0.717) is 25.3 Å². The number of ether oxygens (including phenoxy) is 1. The van der Waals surface area contributed by atoms with Crippen molar-refractivity contribution in [2.24, 2.45) is 0 Å². The number of halogens is 1. The third-order valence-corrected chi connectivity index (χ3v) is 5.85. The van der Waals surface area contributed by atoms with Gasteiger partial charge in [-0.2, -0.15) is 0 Å². The highest BCUT2D eigenvalue weighted by molar-refractivity contribution is 9.10.